The molecule has 37 heavy (non-hydrogen) atoms. The monoisotopic (exact) mass is 527 g/mol. The lowest BCUT2D eigenvalue weighted by Gasteiger charge is -2.34. The van der Waals surface area contributed by atoms with Crippen LogP contribution >= 0.6 is 11.6 Å². The Hall–Kier alpha value is -3.27. The van der Waals surface area contributed by atoms with Crippen LogP contribution in [0, 0.1) is 0 Å². The van der Waals surface area contributed by atoms with Gasteiger partial charge in [0.2, 0.25) is 0 Å². The molecule has 1 aliphatic rings. The van der Waals surface area contributed by atoms with E-state index in [2.05, 4.69) is 15.2 Å². The van der Waals surface area contributed by atoms with Crippen molar-refractivity contribution in [2.45, 2.75) is 38.8 Å². The highest BCUT2D eigenvalue weighted by molar-refractivity contribution is 6.30. The molecule has 1 aliphatic heterocycles. The molecule has 2 aromatic heterocycles. The summed E-state index contributed by atoms with van der Waals surface area (Å²) in [5.74, 6) is 1.11. The molecule has 0 radical (unpaired) electrons. The van der Waals surface area contributed by atoms with Crippen LogP contribution in [0.4, 0.5) is 24.7 Å². The third-order valence-electron chi connectivity index (χ3n) is 6.10. The van der Waals surface area contributed by atoms with Crippen molar-refractivity contribution in [3.05, 3.63) is 77.2 Å². The lowest BCUT2D eigenvalue weighted by atomic mass is 10.0. The van der Waals surface area contributed by atoms with Gasteiger partial charge in [-0.25, -0.2) is 9.97 Å². The van der Waals surface area contributed by atoms with E-state index in [4.69, 9.17) is 26.3 Å². The lowest BCUT2D eigenvalue weighted by molar-refractivity contribution is -0.137. The van der Waals surface area contributed by atoms with Crippen LogP contribution in [0.25, 0.3) is 22.2 Å². The van der Waals surface area contributed by atoms with Crippen LogP contribution in [-0.2, 0) is 17.5 Å². The second-order valence-electron chi connectivity index (χ2n) is 9.20. The van der Waals surface area contributed by atoms with E-state index in [1.165, 1.54) is 12.3 Å². The van der Waals surface area contributed by atoms with Crippen molar-refractivity contribution in [1.29, 1.82) is 0 Å². The van der Waals surface area contributed by atoms with Gasteiger partial charge >= 0.3 is 6.18 Å². The van der Waals surface area contributed by atoms with E-state index < -0.39 is 11.7 Å². The summed E-state index contributed by atoms with van der Waals surface area (Å²) in [5.41, 5.74) is 0.694. The zero-order chi connectivity index (χ0) is 26.2. The Morgan fingerprint density at radius 2 is 1.76 bits per heavy atom. The number of morpholine rings is 1. The van der Waals surface area contributed by atoms with Crippen LogP contribution < -0.4 is 5.32 Å². The van der Waals surface area contributed by atoms with Crippen LogP contribution in [0.3, 0.4) is 0 Å². The third kappa shape index (κ3) is 5.84. The summed E-state index contributed by atoms with van der Waals surface area (Å²) >= 11 is 6.03. The largest absolute Gasteiger partial charge is 0.418 e. The normalized spacial score (nSPS) is 18.8. The van der Waals surface area contributed by atoms with Gasteiger partial charge in [-0.15, -0.1) is 0 Å². The Morgan fingerprint density at radius 1 is 1.03 bits per heavy atom. The third-order valence-corrected chi connectivity index (χ3v) is 6.35. The zero-order valence-corrected chi connectivity index (χ0v) is 21.0. The Kier molecular flexibility index (Phi) is 7.02. The minimum atomic E-state index is -4.53. The van der Waals surface area contributed by atoms with Crippen LogP contribution in [0.1, 0.15) is 25.2 Å². The smallest absolute Gasteiger partial charge is 0.373 e. The Labute approximate surface area is 217 Å². The summed E-state index contributed by atoms with van der Waals surface area (Å²) in [6.07, 6.45) is -3.02. The first-order valence-electron chi connectivity index (χ1n) is 11.9. The molecule has 10 heteroatoms. The molecule has 0 bridgehead atoms. The zero-order valence-electron chi connectivity index (χ0n) is 20.3. The van der Waals surface area contributed by atoms with Gasteiger partial charge in [0, 0.05) is 40.9 Å². The van der Waals surface area contributed by atoms with E-state index in [0.717, 1.165) is 24.8 Å². The molecule has 2 atom stereocenters. The molecule has 1 saturated heterocycles. The Bertz CT molecular complexity index is 1400. The van der Waals surface area contributed by atoms with Gasteiger partial charge < -0.3 is 10.1 Å². The minimum Gasteiger partial charge on any atom is -0.373 e. The summed E-state index contributed by atoms with van der Waals surface area (Å²) in [6, 6.07) is 14.5. The molecule has 0 spiro atoms. The van der Waals surface area contributed by atoms with Crippen molar-refractivity contribution in [3.8, 4) is 11.3 Å². The first-order chi connectivity index (χ1) is 17.7. The molecule has 0 aliphatic carbocycles. The van der Waals surface area contributed by atoms with Gasteiger partial charge in [-0.2, -0.15) is 13.2 Å². The number of aromatic nitrogens is 3. The molecule has 1 N–H and O–H groups in total. The number of pyridine rings is 1. The highest BCUT2D eigenvalue weighted by atomic mass is 35.5. The quantitative estimate of drug-likeness (QED) is 0.311. The number of ether oxygens (including phenoxy) is 1. The van der Waals surface area contributed by atoms with E-state index in [1.54, 1.807) is 30.3 Å². The highest BCUT2D eigenvalue weighted by Gasteiger charge is 2.34. The van der Waals surface area contributed by atoms with Crippen molar-refractivity contribution in [2.24, 2.45) is 0 Å². The first kappa shape index (κ1) is 25.4. The summed E-state index contributed by atoms with van der Waals surface area (Å²) < 4.78 is 46.8. The van der Waals surface area contributed by atoms with Gasteiger partial charge in [0.05, 0.1) is 35.5 Å². The molecular formula is C27H25ClF3N5O. The predicted octanol–water partition coefficient (Wildman–Crippen LogP) is 6.72. The number of hydrogen-bond donors (Lipinski definition) is 1. The summed E-state index contributed by atoms with van der Waals surface area (Å²) in [6.45, 7) is 5.98. The van der Waals surface area contributed by atoms with E-state index in [9.17, 15) is 13.2 Å². The first-order valence-corrected chi connectivity index (χ1v) is 12.3. The fourth-order valence-corrected chi connectivity index (χ4v) is 4.76. The number of hydrogen-bond acceptors (Lipinski definition) is 6. The molecule has 0 saturated carbocycles. The van der Waals surface area contributed by atoms with Crippen LogP contribution in [0.15, 0.2) is 60.8 Å². The SMILES string of the molecule is CC1CN(Cc2nc(Nc3ccc(Cl)cc3)c3ccc(-c4ncccc4C(F)(F)F)cc3n2)CC(C)O1. The van der Waals surface area contributed by atoms with Gasteiger partial charge in [0.25, 0.3) is 0 Å². The topological polar surface area (TPSA) is 63.2 Å². The van der Waals surface area contributed by atoms with Crippen molar-refractivity contribution in [3.63, 3.8) is 0 Å². The fourth-order valence-electron chi connectivity index (χ4n) is 4.64. The van der Waals surface area contributed by atoms with Gasteiger partial charge in [-0.3, -0.25) is 9.88 Å². The predicted molar refractivity (Wildman–Crippen MR) is 138 cm³/mol. The van der Waals surface area contributed by atoms with E-state index in [1.807, 2.05) is 26.0 Å². The van der Waals surface area contributed by atoms with Crippen LogP contribution in [0.2, 0.25) is 5.02 Å². The number of anilines is 2. The Morgan fingerprint density at radius 3 is 2.46 bits per heavy atom. The molecule has 2 aromatic carbocycles. The van der Waals surface area contributed by atoms with Gasteiger partial charge in [-0.05, 0) is 62.4 Å². The summed E-state index contributed by atoms with van der Waals surface area (Å²) in [5, 5.41) is 4.60. The average Bonchev–Trinajstić information content (AvgIpc) is 2.84. The maximum absolute atomic E-state index is 13.7. The van der Waals surface area contributed by atoms with Crippen molar-refractivity contribution in [2.75, 3.05) is 18.4 Å². The van der Waals surface area contributed by atoms with Crippen LogP contribution in [-0.4, -0.2) is 45.1 Å². The number of nitrogens with zero attached hydrogens (tertiary/aromatic N) is 4. The highest BCUT2D eigenvalue weighted by Crippen LogP contribution is 2.37. The summed E-state index contributed by atoms with van der Waals surface area (Å²) in [7, 11) is 0. The maximum atomic E-state index is 13.7. The van der Waals surface area contributed by atoms with Gasteiger partial charge in [0.1, 0.15) is 11.6 Å². The number of benzene rings is 2. The van der Waals surface area contributed by atoms with Crippen molar-refractivity contribution < 1.29 is 17.9 Å². The van der Waals surface area contributed by atoms with Gasteiger partial charge in [-0.1, -0.05) is 17.7 Å². The second-order valence-corrected chi connectivity index (χ2v) is 9.64. The standard InChI is InChI=1S/C27H25ClF3N5O/c1-16-13-36(14-17(2)37-16)15-24-34-23-12-18(25-22(27(29,30)31)4-3-11-32-25)5-10-21(23)26(35-24)33-20-8-6-19(28)7-9-20/h3-12,16-17H,13-15H2,1-2H3,(H,33,34,35). The molecule has 192 valence electrons. The van der Waals surface area contributed by atoms with Crippen LogP contribution in [0.5, 0.6) is 0 Å². The van der Waals surface area contributed by atoms with E-state index in [0.29, 0.717) is 39.7 Å². The van der Waals surface area contributed by atoms with Crippen molar-refractivity contribution >= 4 is 34.0 Å². The molecule has 1 fully saturated rings. The molecule has 4 aromatic rings. The summed E-state index contributed by atoms with van der Waals surface area (Å²) in [4.78, 5) is 15.8. The van der Waals surface area contributed by atoms with Crippen molar-refractivity contribution in [1.82, 2.24) is 19.9 Å². The number of halogens is 4. The minimum absolute atomic E-state index is 0.0763. The number of fused-ring (bicyclic) bond motifs is 1. The van der Waals surface area contributed by atoms with E-state index in [-0.39, 0.29) is 17.9 Å². The van der Waals surface area contributed by atoms with Gasteiger partial charge in [0.15, 0.2) is 0 Å². The fraction of sp³-hybridized carbons (Fsp3) is 0.296. The molecule has 6 nitrogen and oxygen atoms in total. The molecule has 3 heterocycles. The molecule has 2 unspecified atom stereocenters. The lowest BCUT2D eigenvalue weighted by Crippen LogP contribution is -2.45. The average molecular weight is 528 g/mol. The number of alkyl halides is 3. The molecule has 5 rings (SSSR count). The van der Waals surface area contributed by atoms with E-state index >= 15 is 0 Å². The Balaban J connectivity index is 1.58. The molecule has 0 amide bonds. The number of nitrogens with one attached hydrogen (secondary N) is 1. The number of rotatable bonds is 5. The maximum Gasteiger partial charge on any atom is 0.418 e. The molecular weight excluding hydrogens is 503 g/mol. The second kappa shape index (κ2) is 10.2.